The van der Waals surface area contributed by atoms with Crippen LogP contribution in [0.15, 0.2) is 48.5 Å². The molecule has 4 nitrogen and oxygen atoms in total. The average molecular weight is 370 g/mol. The van der Waals surface area contributed by atoms with Gasteiger partial charge in [0.1, 0.15) is 11.5 Å². The molecule has 27 heavy (non-hydrogen) atoms. The molecule has 0 spiro atoms. The quantitative estimate of drug-likeness (QED) is 0.758. The van der Waals surface area contributed by atoms with Crippen LogP contribution in [0.2, 0.25) is 0 Å². The predicted octanol–water partition coefficient (Wildman–Crippen LogP) is 4.86. The van der Waals surface area contributed by atoms with Crippen molar-refractivity contribution in [2.45, 2.75) is 65.7 Å². The second-order valence-corrected chi connectivity index (χ2v) is 8.07. The Morgan fingerprint density at radius 3 is 2.22 bits per heavy atom. The van der Waals surface area contributed by atoms with Crippen LogP contribution in [-0.4, -0.2) is 18.1 Å². The van der Waals surface area contributed by atoms with Crippen molar-refractivity contribution in [1.82, 2.24) is 5.32 Å². The van der Waals surface area contributed by atoms with Crippen molar-refractivity contribution in [3.8, 4) is 11.5 Å². The molecule has 2 aromatic rings. The summed E-state index contributed by atoms with van der Waals surface area (Å²) in [5.41, 5.74) is 2.31. The highest BCUT2D eigenvalue weighted by Crippen LogP contribution is 2.24. The zero-order valence-electron chi connectivity index (χ0n) is 17.2. The fourth-order valence-electron chi connectivity index (χ4n) is 2.62. The topological polar surface area (TPSA) is 47.6 Å². The predicted molar refractivity (Wildman–Crippen MR) is 109 cm³/mol. The Labute approximate surface area is 162 Å². The van der Waals surface area contributed by atoms with Crippen LogP contribution in [0, 0.1) is 0 Å². The first-order valence-electron chi connectivity index (χ1n) is 9.45. The number of rotatable bonds is 7. The lowest BCUT2D eigenvalue weighted by Crippen LogP contribution is -2.35. The fraction of sp³-hybridized carbons (Fsp3) is 0.435. The van der Waals surface area contributed by atoms with E-state index in [1.807, 2.05) is 62.4 Å². The molecule has 146 valence electrons. The van der Waals surface area contributed by atoms with E-state index in [2.05, 4.69) is 26.1 Å². The molecular weight excluding hydrogens is 338 g/mol. The van der Waals surface area contributed by atoms with Crippen LogP contribution < -0.4 is 14.8 Å². The second kappa shape index (κ2) is 8.94. The van der Waals surface area contributed by atoms with Gasteiger partial charge in [0.05, 0.1) is 6.10 Å². The van der Waals surface area contributed by atoms with Gasteiger partial charge < -0.3 is 14.8 Å². The molecule has 1 N–H and O–H groups in total. The third-order valence-corrected chi connectivity index (χ3v) is 4.14. The van der Waals surface area contributed by atoms with Gasteiger partial charge in [-0.3, -0.25) is 4.79 Å². The third kappa shape index (κ3) is 6.63. The van der Waals surface area contributed by atoms with E-state index in [0.717, 1.165) is 11.3 Å². The van der Waals surface area contributed by atoms with Crippen molar-refractivity contribution < 1.29 is 14.3 Å². The molecule has 0 aliphatic heterocycles. The van der Waals surface area contributed by atoms with Crippen molar-refractivity contribution in [3.05, 3.63) is 59.7 Å². The number of benzene rings is 2. The van der Waals surface area contributed by atoms with E-state index in [1.54, 1.807) is 6.92 Å². The maximum absolute atomic E-state index is 12.3. The van der Waals surface area contributed by atoms with Gasteiger partial charge in [0.15, 0.2) is 6.10 Å². The van der Waals surface area contributed by atoms with E-state index in [-0.39, 0.29) is 17.4 Å². The molecule has 0 saturated heterocycles. The highest BCUT2D eigenvalue weighted by Gasteiger charge is 2.16. The molecule has 0 aliphatic rings. The molecule has 1 amide bonds. The minimum Gasteiger partial charge on any atom is -0.491 e. The van der Waals surface area contributed by atoms with E-state index < -0.39 is 6.10 Å². The number of nitrogens with one attached hydrogen (secondary N) is 1. The van der Waals surface area contributed by atoms with E-state index >= 15 is 0 Å². The molecule has 0 radical (unpaired) electrons. The maximum Gasteiger partial charge on any atom is 0.261 e. The van der Waals surface area contributed by atoms with Crippen LogP contribution in [-0.2, 0) is 16.8 Å². The first-order valence-corrected chi connectivity index (χ1v) is 9.45. The largest absolute Gasteiger partial charge is 0.491 e. The maximum atomic E-state index is 12.3. The minimum absolute atomic E-state index is 0.0926. The molecule has 2 aromatic carbocycles. The lowest BCUT2D eigenvalue weighted by molar-refractivity contribution is -0.127. The molecule has 4 heteroatoms. The molecule has 0 bridgehead atoms. The summed E-state index contributed by atoms with van der Waals surface area (Å²) in [6, 6.07) is 15.7. The van der Waals surface area contributed by atoms with E-state index in [4.69, 9.17) is 9.47 Å². The highest BCUT2D eigenvalue weighted by atomic mass is 16.5. The Morgan fingerprint density at radius 2 is 1.63 bits per heavy atom. The van der Waals surface area contributed by atoms with Crippen LogP contribution in [0.1, 0.15) is 52.7 Å². The molecular formula is C23H31NO3. The van der Waals surface area contributed by atoms with Gasteiger partial charge in [-0.05, 0) is 61.6 Å². The van der Waals surface area contributed by atoms with Gasteiger partial charge in [0.2, 0.25) is 0 Å². The van der Waals surface area contributed by atoms with Crippen molar-refractivity contribution in [2.24, 2.45) is 0 Å². The number of amides is 1. The number of carbonyl (C=O) groups excluding carboxylic acids is 1. The summed E-state index contributed by atoms with van der Waals surface area (Å²) in [4.78, 5) is 12.3. The van der Waals surface area contributed by atoms with Gasteiger partial charge in [-0.1, -0.05) is 45.0 Å². The fourth-order valence-corrected chi connectivity index (χ4v) is 2.62. The third-order valence-electron chi connectivity index (χ3n) is 4.14. The summed E-state index contributed by atoms with van der Waals surface area (Å²) in [5.74, 6) is 1.35. The van der Waals surface area contributed by atoms with Crippen LogP contribution in [0.5, 0.6) is 11.5 Å². The standard InChI is InChI=1S/C23H31NO3/c1-16(2)26-21-9-7-8-18(14-21)15-24-22(25)17(3)27-20-12-10-19(11-13-20)23(4,5)6/h7-14,16-17H,15H2,1-6H3,(H,24,25)/t17-/m1/s1. The smallest absolute Gasteiger partial charge is 0.261 e. The number of carbonyl (C=O) groups is 1. The first-order chi connectivity index (χ1) is 12.6. The Hall–Kier alpha value is -2.49. The summed E-state index contributed by atoms with van der Waals surface area (Å²) >= 11 is 0. The summed E-state index contributed by atoms with van der Waals surface area (Å²) < 4.78 is 11.5. The zero-order chi connectivity index (χ0) is 20.0. The lowest BCUT2D eigenvalue weighted by Gasteiger charge is -2.20. The molecule has 0 aromatic heterocycles. The van der Waals surface area contributed by atoms with Gasteiger partial charge in [-0.25, -0.2) is 0 Å². The highest BCUT2D eigenvalue weighted by molar-refractivity contribution is 5.80. The van der Waals surface area contributed by atoms with Crippen LogP contribution in [0.25, 0.3) is 0 Å². The molecule has 2 rings (SSSR count). The average Bonchev–Trinajstić information content (AvgIpc) is 2.59. The molecule has 1 atom stereocenters. The Bertz CT molecular complexity index is 745. The number of hydrogen-bond acceptors (Lipinski definition) is 3. The van der Waals surface area contributed by atoms with Gasteiger partial charge in [-0.2, -0.15) is 0 Å². The Balaban J connectivity index is 1.88. The summed E-state index contributed by atoms with van der Waals surface area (Å²) in [5, 5.41) is 2.92. The number of ether oxygens (including phenoxy) is 2. The Kier molecular flexibility index (Phi) is 6.89. The van der Waals surface area contributed by atoms with Gasteiger partial charge >= 0.3 is 0 Å². The molecule has 0 aliphatic carbocycles. The molecule has 0 unspecified atom stereocenters. The van der Waals surface area contributed by atoms with Gasteiger partial charge in [0.25, 0.3) is 5.91 Å². The second-order valence-electron chi connectivity index (χ2n) is 8.07. The number of hydrogen-bond donors (Lipinski definition) is 1. The van der Waals surface area contributed by atoms with Crippen molar-refractivity contribution >= 4 is 5.91 Å². The van der Waals surface area contributed by atoms with E-state index in [9.17, 15) is 4.79 Å². The monoisotopic (exact) mass is 369 g/mol. The first kappa shape index (κ1) is 20.8. The van der Waals surface area contributed by atoms with E-state index in [1.165, 1.54) is 5.56 Å². The summed E-state index contributed by atoms with van der Waals surface area (Å²) in [6.07, 6.45) is -0.450. The van der Waals surface area contributed by atoms with Crippen LogP contribution >= 0.6 is 0 Å². The lowest BCUT2D eigenvalue weighted by atomic mass is 9.87. The van der Waals surface area contributed by atoms with Crippen molar-refractivity contribution in [3.63, 3.8) is 0 Å². The van der Waals surface area contributed by atoms with Crippen molar-refractivity contribution in [1.29, 1.82) is 0 Å². The van der Waals surface area contributed by atoms with Gasteiger partial charge in [0, 0.05) is 6.54 Å². The molecule has 0 saturated carbocycles. The minimum atomic E-state index is -0.569. The SMILES string of the molecule is CC(C)Oc1cccc(CNC(=O)[C@@H](C)Oc2ccc(C(C)(C)C)cc2)c1. The Morgan fingerprint density at radius 1 is 0.963 bits per heavy atom. The molecule has 0 heterocycles. The van der Waals surface area contributed by atoms with Crippen LogP contribution in [0.4, 0.5) is 0 Å². The summed E-state index contributed by atoms with van der Waals surface area (Å²) in [7, 11) is 0. The van der Waals surface area contributed by atoms with E-state index in [0.29, 0.717) is 12.3 Å². The van der Waals surface area contributed by atoms with Crippen LogP contribution in [0.3, 0.4) is 0 Å². The molecule has 0 fully saturated rings. The summed E-state index contributed by atoms with van der Waals surface area (Å²) in [6.45, 7) is 12.7. The van der Waals surface area contributed by atoms with Crippen molar-refractivity contribution in [2.75, 3.05) is 0 Å². The normalized spacial score (nSPS) is 12.6. The zero-order valence-corrected chi connectivity index (χ0v) is 17.2. The van der Waals surface area contributed by atoms with Gasteiger partial charge in [-0.15, -0.1) is 0 Å².